The summed E-state index contributed by atoms with van der Waals surface area (Å²) >= 11 is 0. The smallest absolute Gasteiger partial charge is 0.356 e. The maximum absolute atomic E-state index is 13.6. The lowest BCUT2D eigenvalue weighted by atomic mass is 10.1. The summed E-state index contributed by atoms with van der Waals surface area (Å²) in [5, 5.41) is 6.32. The third kappa shape index (κ3) is 1.20. The van der Waals surface area contributed by atoms with Crippen molar-refractivity contribution >= 4 is 5.97 Å². The highest BCUT2D eigenvalue weighted by Crippen LogP contribution is 2.50. The monoisotopic (exact) mass is 198 g/mol. The molecule has 5 heteroatoms. The second kappa shape index (κ2) is 2.80. The van der Waals surface area contributed by atoms with Crippen molar-refractivity contribution in [1.29, 1.82) is 0 Å². The van der Waals surface area contributed by atoms with Crippen molar-refractivity contribution < 1.29 is 13.9 Å². The second-order valence-corrected chi connectivity index (χ2v) is 3.53. The Morgan fingerprint density at radius 2 is 2.29 bits per heavy atom. The van der Waals surface area contributed by atoms with Gasteiger partial charge in [-0.25, -0.2) is 9.18 Å². The number of aromatic nitrogens is 2. The SMILES string of the molecule is COC(=O)c1[nH]nc(C2(F)CC2)c1C. The Morgan fingerprint density at radius 1 is 1.64 bits per heavy atom. The maximum Gasteiger partial charge on any atom is 0.356 e. The van der Waals surface area contributed by atoms with Crippen LogP contribution in [0.4, 0.5) is 4.39 Å². The minimum atomic E-state index is -1.31. The van der Waals surface area contributed by atoms with Gasteiger partial charge in [0.05, 0.1) is 7.11 Å². The van der Waals surface area contributed by atoms with Gasteiger partial charge in [-0.05, 0) is 19.8 Å². The summed E-state index contributed by atoms with van der Waals surface area (Å²) in [5.74, 6) is -0.509. The molecule has 1 N–H and O–H groups in total. The molecule has 0 bridgehead atoms. The van der Waals surface area contributed by atoms with E-state index in [1.807, 2.05) is 0 Å². The number of esters is 1. The first-order valence-corrected chi connectivity index (χ1v) is 4.41. The topological polar surface area (TPSA) is 55.0 Å². The molecule has 0 aromatic carbocycles. The lowest BCUT2D eigenvalue weighted by molar-refractivity contribution is 0.0593. The standard InChI is InChI=1S/C9H11FN2O2/c1-5-6(8(13)14-2)11-12-7(5)9(10)3-4-9/h3-4H2,1-2H3,(H,11,12). The first-order chi connectivity index (χ1) is 6.58. The highest BCUT2D eigenvalue weighted by atomic mass is 19.1. The summed E-state index contributed by atoms with van der Waals surface area (Å²) in [6.07, 6.45) is 0.971. The zero-order valence-electron chi connectivity index (χ0n) is 8.06. The Morgan fingerprint density at radius 3 is 2.79 bits per heavy atom. The molecule has 0 aliphatic heterocycles. The summed E-state index contributed by atoms with van der Waals surface area (Å²) < 4.78 is 18.2. The number of nitrogens with one attached hydrogen (secondary N) is 1. The molecule has 0 radical (unpaired) electrons. The van der Waals surface area contributed by atoms with Crippen LogP contribution in [-0.4, -0.2) is 23.3 Å². The normalized spacial score (nSPS) is 17.9. The van der Waals surface area contributed by atoms with E-state index in [2.05, 4.69) is 14.9 Å². The van der Waals surface area contributed by atoms with E-state index in [-0.39, 0.29) is 5.69 Å². The average molecular weight is 198 g/mol. The van der Waals surface area contributed by atoms with Crippen LogP contribution in [0.5, 0.6) is 0 Å². The molecule has 76 valence electrons. The van der Waals surface area contributed by atoms with Crippen LogP contribution in [0.25, 0.3) is 0 Å². The van der Waals surface area contributed by atoms with Gasteiger partial charge in [0.25, 0.3) is 0 Å². The van der Waals surface area contributed by atoms with E-state index >= 15 is 0 Å². The van der Waals surface area contributed by atoms with Gasteiger partial charge in [-0.3, -0.25) is 5.10 Å². The third-order valence-electron chi connectivity index (χ3n) is 2.51. The molecule has 1 aromatic rings. The molecule has 0 atom stereocenters. The van der Waals surface area contributed by atoms with E-state index in [4.69, 9.17) is 0 Å². The number of carbonyl (C=O) groups is 1. The van der Waals surface area contributed by atoms with Gasteiger partial charge in [0.2, 0.25) is 0 Å². The van der Waals surface area contributed by atoms with Gasteiger partial charge in [0.15, 0.2) is 5.67 Å². The van der Waals surface area contributed by atoms with Crippen molar-refractivity contribution in [3.8, 4) is 0 Å². The predicted octanol–water partition coefficient (Wildman–Crippen LogP) is 1.46. The fraction of sp³-hybridized carbons (Fsp3) is 0.556. The molecule has 0 spiro atoms. The molecule has 0 amide bonds. The van der Waals surface area contributed by atoms with Crippen LogP contribution in [-0.2, 0) is 10.4 Å². The van der Waals surface area contributed by atoms with Crippen LogP contribution >= 0.6 is 0 Å². The highest BCUT2D eigenvalue weighted by molar-refractivity contribution is 5.89. The third-order valence-corrected chi connectivity index (χ3v) is 2.51. The van der Waals surface area contributed by atoms with E-state index < -0.39 is 11.6 Å². The zero-order valence-corrected chi connectivity index (χ0v) is 8.06. The van der Waals surface area contributed by atoms with E-state index in [1.54, 1.807) is 6.92 Å². The number of rotatable bonds is 2. The number of ether oxygens (including phenoxy) is 1. The molecule has 0 unspecified atom stereocenters. The summed E-state index contributed by atoms with van der Waals surface area (Å²) in [6.45, 7) is 1.67. The number of methoxy groups -OCH3 is 1. The van der Waals surface area contributed by atoms with Crippen LogP contribution in [0.2, 0.25) is 0 Å². The number of carbonyl (C=O) groups excluding carboxylic acids is 1. The van der Waals surface area contributed by atoms with Crippen LogP contribution in [0.15, 0.2) is 0 Å². The lowest BCUT2D eigenvalue weighted by Gasteiger charge is -2.01. The number of hydrogen-bond acceptors (Lipinski definition) is 3. The molecule has 1 aliphatic carbocycles. The number of alkyl halides is 1. The molecule has 1 aromatic heterocycles. The van der Waals surface area contributed by atoms with E-state index in [9.17, 15) is 9.18 Å². The van der Waals surface area contributed by atoms with Crippen molar-refractivity contribution in [3.05, 3.63) is 17.0 Å². The van der Waals surface area contributed by atoms with Gasteiger partial charge in [-0.15, -0.1) is 0 Å². The number of nitrogens with zero attached hydrogens (tertiary/aromatic N) is 1. The maximum atomic E-state index is 13.6. The predicted molar refractivity (Wildman–Crippen MR) is 46.7 cm³/mol. The van der Waals surface area contributed by atoms with Crippen molar-refractivity contribution in [2.24, 2.45) is 0 Å². The number of aromatic amines is 1. The van der Waals surface area contributed by atoms with Gasteiger partial charge in [-0.2, -0.15) is 5.10 Å². The summed E-state index contributed by atoms with van der Waals surface area (Å²) in [4.78, 5) is 11.2. The van der Waals surface area contributed by atoms with Gasteiger partial charge in [0.1, 0.15) is 11.4 Å². The van der Waals surface area contributed by atoms with Crippen molar-refractivity contribution in [1.82, 2.24) is 10.2 Å². The highest BCUT2D eigenvalue weighted by Gasteiger charge is 2.48. The molecule has 1 fully saturated rings. The number of H-pyrrole nitrogens is 1. The largest absolute Gasteiger partial charge is 0.464 e. The molecule has 2 rings (SSSR count). The molecule has 14 heavy (non-hydrogen) atoms. The molecular formula is C9H11FN2O2. The molecule has 1 aliphatic rings. The quantitative estimate of drug-likeness (QED) is 0.732. The second-order valence-electron chi connectivity index (χ2n) is 3.53. The van der Waals surface area contributed by atoms with Gasteiger partial charge < -0.3 is 4.74 Å². The first-order valence-electron chi connectivity index (χ1n) is 4.41. The van der Waals surface area contributed by atoms with Gasteiger partial charge in [-0.1, -0.05) is 0 Å². The summed E-state index contributed by atoms with van der Waals surface area (Å²) in [5.41, 5.74) is -0.173. The fourth-order valence-electron chi connectivity index (χ4n) is 1.48. The zero-order chi connectivity index (χ0) is 10.3. The minimum Gasteiger partial charge on any atom is -0.464 e. The Bertz CT molecular complexity index is 382. The molecule has 4 nitrogen and oxygen atoms in total. The van der Waals surface area contributed by atoms with Crippen molar-refractivity contribution in [3.63, 3.8) is 0 Å². The number of halogens is 1. The molecule has 1 saturated carbocycles. The molecular weight excluding hydrogens is 187 g/mol. The van der Waals surface area contributed by atoms with E-state index in [0.29, 0.717) is 24.1 Å². The van der Waals surface area contributed by atoms with Gasteiger partial charge >= 0.3 is 5.97 Å². The van der Waals surface area contributed by atoms with Crippen LogP contribution < -0.4 is 0 Å². The lowest BCUT2D eigenvalue weighted by Crippen LogP contribution is -2.05. The number of hydrogen-bond donors (Lipinski definition) is 1. The Hall–Kier alpha value is -1.39. The van der Waals surface area contributed by atoms with Crippen LogP contribution in [0.1, 0.15) is 34.6 Å². The Labute approximate surface area is 80.5 Å². The fourth-order valence-corrected chi connectivity index (χ4v) is 1.48. The Kier molecular flexibility index (Phi) is 1.83. The summed E-state index contributed by atoms with van der Waals surface area (Å²) in [6, 6.07) is 0. The Balaban J connectivity index is 2.37. The van der Waals surface area contributed by atoms with Crippen molar-refractivity contribution in [2.75, 3.05) is 7.11 Å². The van der Waals surface area contributed by atoms with E-state index in [0.717, 1.165) is 0 Å². The van der Waals surface area contributed by atoms with Crippen molar-refractivity contribution in [2.45, 2.75) is 25.4 Å². The van der Waals surface area contributed by atoms with Crippen LogP contribution in [0, 0.1) is 6.92 Å². The molecule has 1 heterocycles. The van der Waals surface area contributed by atoms with Gasteiger partial charge in [0, 0.05) is 5.56 Å². The summed E-state index contributed by atoms with van der Waals surface area (Å²) in [7, 11) is 1.28. The molecule has 0 saturated heterocycles. The van der Waals surface area contributed by atoms with E-state index in [1.165, 1.54) is 7.11 Å². The first kappa shape index (κ1) is 9.18. The average Bonchev–Trinajstić information content (AvgIpc) is 2.77. The minimum absolute atomic E-state index is 0.242. The van der Waals surface area contributed by atoms with Crippen LogP contribution in [0.3, 0.4) is 0 Å².